The molecule has 6 heteroatoms. The maximum absolute atomic E-state index is 12.2. The van der Waals surface area contributed by atoms with Crippen LogP contribution >= 0.6 is 0 Å². The van der Waals surface area contributed by atoms with E-state index in [4.69, 9.17) is 9.47 Å². The average molecular weight is 352 g/mol. The largest absolute Gasteiger partial charge is 0.493 e. The van der Waals surface area contributed by atoms with Crippen LogP contribution in [0.5, 0.6) is 11.5 Å². The molecule has 0 fully saturated rings. The Morgan fingerprint density at radius 1 is 1.12 bits per heavy atom. The van der Waals surface area contributed by atoms with Crippen LogP contribution in [0.15, 0.2) is 53.3 Å². The van der Waals surface area contributed by atoms with E-state index >= 15 is 0 Å². The maximum Gasteiger partial charge on any atom is 0.258 e. The van der Waals surface area contributed by atoms with Gasteiger partial charge >= 0.3 is 0 Å². The predicted octanol–water partition coefficient (Wildman–Crippen LogP) is 2.54. The van der Waals surface area contributed by atoms with E-state index in [0.717, 1.165) is 16.5 Å². The summed E-state index contributed by atoms with van der Waals surface area (Å²) in [5.41, 5.74) is 2.10. The highest BCUT2D eigenvalue weighted by molar-refractivity contribution is 5.82. The van der Waals surface area contributed by atoms with Gasteiger partial charge in [-0.25, -0.2) is 0 Å². The number of para-hydroxylation sites is 3. The van der Waals surface area contributed by atoms with Gasteiger partial charge in [0.1, 0.15) is 0 Å². The highest BCUT2D eigenvalue weighted by atomic mass is 16.5. The Kier molecular flexibility index (Phi) is 5.22. The van der Waals surface area contributed by atoms with Crippen molar-refractivity contribution in [2.75, 3.05) is 13.7 Å². The third kappa shape index (κ3) is 3.85. The summed E-state index contributed by atoms with van der Waals surface area (Å²) in [4.78, 5) is 27.1. The van der Waals surface area contributed by atoms with E-state index in [0.29, 0.717) is 17.1 Å². The van der Waals surface area contributed by atoms with E-state index < -0.39 is 0 Å². The van der Waals surface area contributed by atoms with Crippen molar-refractivity contribution >= 4 is 16.8 Å². The molecule has 0 atom stereocenters. The standard InChI is InChI=1S/C20H20N2O4/c1-13-6-5-7-14-10-15(20(24)22-19(13)14)11-21-18(23)12-26-17-9-4-3-8-16(17)25-2/h3-10H,11-12H2,1-2H3,(H,21,23)(H,22,24). The number of benzene rings is 2. The van der Waals surface area contributed by atoms with Gasteiger partial charge in [-0.1, -0.05) is 30.3 Å². The first-order valence-electron chi connectivity index (χ1n) is 8.22. The Labute approximate surface area is 150 Å². The number of H-pyrrole nitrogens is 1. The molecule has 26 heavy (non-hydrogen) atoms. The van der Waals surface area contributed by atoms with Gasteiger partial charge in [0.15, 0.2) is 18.1 Å². The van der Waals surface area contributed by atoms with Crippen molar-refractivity contribution < 1.29 is 14.3 Å². The second-order valence-electron chi connectivity index (χ2n) is 5.88. The predicted molar refractivity (Wildman–Crippen MR) is 99.6 cm³/mol. The van der Waals surface area contributed by atoms with Crippen LogP contribution < -0.4 is 20.3 Å². The monoisotopic (exact) mass is 352 g/mol. The summed E-state index contributed by atoms with van der Waals surface area (Å²) < 4.78 is 10.6. The summed E-state index contributed by atoms with van der Waals surface area (Å²) in [5.74, 6) is 0.727. The summed E-state index contributed by atoms with van der Waals surface area (Å²) in [6.45, 7) is 1.91. The summed E-state index contributed by atoms with van der Waals surface area (Å²) in [6, 6.07) is 14.7. The van der Waals surface area contributed by atoms with Gasteiger partial charge in [-0.2, -0.15) is 0 Å². The van der Waals surface area contributed by atoms with Crippen LogP contribution in [-0.2, 0) is 11.3 Å². The van der Waals surface area contributed by atoms with Crippen molar-refractivity contribution in [3.8, 4) is 11.5 Å². The fourth-order valence-corrected chi connectivity index (χ4v) is 2.69. The van der Waals surface area contributed by atoms with Gasteiger partial charge < -0.3 is 19.8 Å². The van der Waals surface area contributed by atoms with Crippen LogP contribution in [0.25, 0.3) is 10.9 Å². The van der Waals surface area contributed by atoms with Crippen molar-refractivity contribution in [3.63, 3.8) is 0 Å². The van der Waals surface area contributed by atoms with Crippen LogP contribution in [0.4, 0.5) is 0 Å². The molecule has 0 aliphatic rings. The topological polar surface area (TPSA) is 80.4 Å². The van der Waals surface area contributed by atoms with Gasteiger partial charge in [-0.15, -0.1) is 0 Å². The van der Waals surface area contributed by atoms with E-state index in [1.165, 1.54) is 7.11 Å². The molecule has 0 bridgehead atoms. The molecule has 0 unspecified atom stereocenters. The number of aryl methyl sites for hydroxylation is 1. The first kappa shape index (κ1) is 17.5. The normalized spacial score (nSPS) is 10.5. The van der Waals surface area contributed by atoms with E-state index in [1.54, 1.807) is 24.3 Å². The van der Waals surface area contributed by atoms with Gasteiger partial charge in [0.25, 0.3) is 11.5 Å². The first-order chi connectivity index (χ1) is 12.6. The first-order valence-corrected chi connectivity index (χ1v) is 8.22. The van der Waals surface area contributed by atoms with Crippen molar-refractivity contribution in [2.45, 2.75) is 13.5 Å². The van der Waals surface area contributed by atoms with E-state index in [-0.39, 0.29) is 24.6 Å². The molecule has 0 aliphatic carbocycles. The summed E-state index contributed by atoms with van der Waals surface area (Å²) in [6.07, 6.45) is 0. The third-order valence-corrected chi connectivity index (χ3v) is 4.07. The fraction of sp³-hybridized carbons (Fsp3) is 0.200. The SMILES string of the molecule is COc1ccccc1OCC(=O)NCc1cc2cccc(C)c2[nH]c1=O. The number of ether oxygens (including phenoxy) is 2. The molecule has 1 aromatic heterocycles. The summed E-state index contributed by atoms with van der Waals surface area (Å²) in [7, 11) is 1.54. The number of carbonyl (C=O) groups is 1. The number of rotatable bonds is 6. The Morgan fingerprint density at radius 2 is 1.88 bits per heavy atom. The highest BCUT2D eigenvalue weighted by Gasteiger charge is 2.09. The number of nitrogens with one attached hydrogen (secondary N) is 2. The minimum atomic E-state index is -0.320. The molecule has 0 saturated carbocycles. The number of aromatic nitrogens is 1. The molecule has 0 aliphatic heterocycles. The van der Waals surface area contributed by atoms with E-state index in [9.17, 15) is 9.59 Å². The Bertz CT molecular complexity index is 995. The molecule has 0 radical (unpaired) electrons. The number of amides is 1. The lowest BCUT2D eigenvalue weighted by molar-refractivity contribution is -0.123. The highest BCUT2D eigenvalue weighted by Crippen LogP contribution is 2.25. The molecule has 2 N–H and O–H groups in total. The molecule has 3 aromatic rings. The van der Waals surface area contributed by atoms with E-state index in [2.05, 4.69) is 10.3 Å². The maximum atomic E-state index is 12.2. The van der Waals surface area contributed by atoms with Gasteiger partial charge in [-0.3, -0.25) is 9.59 Å². The summed E-state index contributed by atoms with van der Waals surface area (Å²) >= 11 is 0. The van der Waals surface area contributed by atoms with Crippen molar-refractivity contribution in [2.24, 2.45) is 0 Å². The zero-order valence-corrected chi connectivity index (χ0v) is 14.7. The van der Waals surface area contributed by atoms with Gasteiger partial charge in [-0.05, 0) is 36.1 Å². The quantitative estimate of drug-likeness (QED) is 0.714. The lowest BCUT2D eigenvalue weighted by atomic mass is 10.1. The Hall–Kier alpha value is -3.28. The molecular weight excluding hydrogens is 332 g/mol. The molecule has 1 heterocycles. The molecule has 0 spiro atoms. The minimum Gasteiger partial charge on any atom is -0.493 e. The Balaban J connectivity index is 1.63. The van der Waals surface area contributed by atoms with Crippen molar-refractivity contribution in [1.29, 1.82) is 0 Å². The number of carbonyl (C=O) groups excluding carboxylic acids is 1. The van der Waals surface area contributed by atoms with Crippen molar-refractivity contribution in [3.05, 3.63) is 70.0 Å². The number of hydrogen-bond donors (Lipinski definition) is 2. The lowest BCUT2D eigenvalue weighted by Crippen LogP contribution is -2.30. The van der Waals surface area contributed by atoms with Crippen LogP contribution in [0.1, 0.15) is 11.1 Å². The van der Waals surface area contributed by atoms with Gasteiger partial charge in [0, 0.05) is 12.1 Å². The second kappa shape index (κ2) is 7.74. The molecule has 2 aromatic carbocycles. The van der Waals surface area contributed by atoms with Crippen LogP contribution in [0, 0.1) is 6.92 Å². The zero-order valence-electron chi connectivity index (χ0n) is 14.7. The number of methoxy groups -OCH3 is 1. The number of pyridine rings is 1. The van der Waals surface area contributed by atoms with Crippen molar-refractivity contribution in [1.82, 2.24) is 10.3 Å². The van der Waals surface area contributed by atoms with E-state index in [1.807, 2.05) is 31.2 Å². The molecule has 0 saturated heterocycles. The lowest BCUT2D eigenvalue weighted by Gasteiger charge is -2.10. The smallest absolute Gasteiger partial charge is 0.258 e. The van der Waals surface area contributed by atoms with Crippen LogP contribution in [0.2, 0.25) is 0 Å². The molecule has 1 amide bonds. The van der Waals surface area contributed by atoms with Gasteiger partial charge in [0.2, 0.25) is 0 Å². The molecular formula is C20H20N2O4. The van der Waals surface area contributed by atoms with Crippen LogP contribution in [-0.4, -0.2) is 24.6 Å². The van der Waals surface area contributed by atoms with Gasteiger partial charge in [0.05, 0.1) is 12.6 Å². The number of aromatic amines is 1. The number of hydrogen-bond acceptors (Lipinski definition) is 4. The number of fused-ring (bicyclic) bond motifs is 1. The zero-order chi connectivity index (χ0) is 18.5. The average Bonchev–Trinajstić information content (AvgIpc) is 2.65. The molecule has 3 rings (SSSR count). The minimum absolute atomic E-state index is 0.132. The second-order valence-corrected chi connectivity index (χ2v) is 5.88. The Morgan fingerprint density at radius 3 is 2.65 bits per heavy atom. The fourth-order valence-electron chi connectivity index (χ4n) is 2.69. The third-order valence-electron chi connectivity index (χ3n) is 4.07. The molecule has 134 valence electrons. The van der Waals surface area contributed by atoms with Crippen LogP contribution in [0.3, 0.4) is 0 Å². The molecule has 6 nitrogen and oxygen atoms in total. The summed E-state index contributed by atoms with van der Waals surface area (Å²) in [5, 5.41) is 3.63.